The zero-order valence-electron chi connectivity index (χ0n) is 14.1. The van der Waals surface area contributed by atoms with Gasteiger partial charge in [-0.3, -0.25) is 4.90 Å². The Hall–Kier alpha value is 0.0969. The predicted molar refractivity (Wildman–Crippen MR) is 84.0 cm³/mol. The lowest BCUT2D eigenvalue weighted by molar-refractivity contribution is 0.0332. The summed E-state index contributed by atoms with van der Waals surface area (Å²) in [7, 11) is -1.75. The van der Waals surface area contributed by atoms with Crippen molar-refractivity contribution in [2.24, 2.45) is 0 Å². The van der Waals surface area contributed by atoms with Crippen LogP contribution >= 0.6 is 0 Å². The Labute approximate surface area is 120 Å². The fraction of sp³-hybridized carbons (Fsp3) is 1.00. The molecule has 1 aliphatic rings. The van der Waals surface area contributed by atoms with Crippen LogP contribution in [0.25, 0.3) is 0 Å². The highest BCUT2D eigenvalue weighted by molar-refractivity contribution is 6.74. The minimum atomic E-state index is -1.75. The van der Waals surface area contributed by atoms with E-state index in [1.165, 1.54) is 0 Å². The van der Waals surface area contributed by atoms with Crippen molar-refractivity contribution in [3.8, 4) is 0 Å². The van der Waals surface area contributed by atoms with Gasteiger partial charge in [-0.2, -0.15) is 0 Å². The number of nitrogens with zero attached hydrogens (tertiary/aromatic N) is 1. The van der Waals surface area contributed by atoms with Crippen LogP contribution in [0, 0.1) is 0 Å². The van der Waals surface area contributed by atoms with Gasteiger partial charge in [0, 0.05) is 12.1 Å². The van der Waals surface area contributed by atoms with Gasteiger partial charge in [-0.05, 0) is 45.3 Å². The summed E-state index contributed by atoms with van der Waals surface area (Å²) in [5.74, 6) is 0. The molecule has 3 nitrogen and oxygen atoms in total. The number of aliphatic hydroxyl groups excluding tert-OH is 1. The monoisotopic (exact) mass is 287 g/mol. The third-order valence-electron chi connectivity index (χ3n) is 4.78. The maximum atomic E-state index is 9.76. The second-order valence-corrected chi connectivity index (χ2v) is 13.1. The predicted octanol–water partition coefficient (Wildman–Crippen LogP) is 3.24. The van der Waals surface area contributed by atoms with Gasteiger partial charge >= 0.3 is 0 Å². The molecule has 2 atom stereocenters. The summed E-state index contributed by atoms with van der Waals surface area (Å²) in [6.45, 7) is 19.2. The first-order valence-corrected chi connectivity index (χ1v) is 10.4. The number of aliphatic hydroxyl groups is 1. The van der Waals surface area contributed by atoms with Crippen molar-refractivity contribution in [2.45, 2.75) is 83.8 Å². The lowest BCUT2D eigenvalue weighted by Gasteiger charge is -2.42. The molecule has 114 valence electrons. The Bertz CT molecular complexity index is 304. The summed E-state index contributed by atoms with van der Waals surface area (Å²) in [6, 6.07) is 0.147. The summed E-state index contributed by atoms with van der Waals surface area (Å²) < 4.78 is 6.53. The number of hydrogen-bond acceptors (Lipinski definition) is 3. The van der Waals surface area contributed by atoms with E-state index in [-0.39, 0.29) is 29.3 Å². The van der Waals surface area contributed by atoms with Crippen molar-refractivity contribution >= 4 is 8.32 Å². The minimum Gasteiger partial charge on any atom is -0.412 e. The molecular weight excluding hydrogens is 254 g/mol. The first kappa shape index (κ1) is 17.1. The third kappa shape index (κ3) is 3.81. The van der Waals surface area contributed by atoms with E-state index in [2.05, 4.69) is 59.5 Å². The highest BCUT2D eigenvalue weighted by Gasteiger charge is 2.45. The van der Waals surface area contributed by atoms with Crippen LogP contribution in [0.2, 0.25) is 18.1 Å². The van der Waals surface area contributed by atoms with Crippen LogP contribution in [-0.4, -0.2) is 49.2 Å². The normalized spacial score (nSPS) is 27.0. The molecule has 0 aliphatic carbocycles. The van der Waals surface area contributed by atoms with Crippen molar-refractivity contribution < 1.29 is 9.53 Å². The van der Waals surface area contributed by atoms with Crippen LogP contribution in [0.15, 0.2) is 0 Å². The molecule has 1 saturated heterocycles. The minimum absolute atomic E-state index is 0.0962. The van der Waals surface area contributed by atoms with Gasteiger partial charge in [0.05, 0.1) is 18.8 Å². The van der Waals surface area contributed by atoms with Gasteiger partial charge in [0.25, 0.3) is 0 Å². The van der Waals surface area contributed by atoms with E-state index in [0.717, 1.165) is 13.0 Å². The summed E-state index contributed by atoms with van der Waals surface area (Å²) >= 11 is 0. The fourth-order valence-electron chi connectivity index (χ4n) is 2.57. The molecule has 0 aromatic carbocycles. The molecule has 0 aromatic heterocycles. The smallest absolute Gasteiger partial charge is 0.192 e. The molecule has 19 heavy (non-hydrogen) atoms. The summed E-state index contributed by atoms with van der Waals surface area (Å²) in [5, 5.41) is 9.99. The molecule has 1 N–H and O–H groups in total. The van der Waals surface area contributed by atoms with Gasteiger partial charge in [0.15, 0.2) is 8.32 Å². The summed E-state index contributed by atoms with van der Waals surface area (Å²) in [6.07, 6.45) is 1.22. The quantitative estimate of drug-likeness (QED) is 0.809. The Morgan fingerprint density at radius 3 is 2.05 bits per heavy atom. The Balaban J connectivity index is 2.81. The van der Waals surface area contributed by atoms with Crippen LogP contribution in [0.1, 0.15) is 48.0 Å². The molecule has 0 radical (unpaired) electrons. The Morgan fingerprint density at radius 1 is 1.16 bits per heavy atom. The van der Waals surface area contributed by atoms with Gasteiger partial charge < -0.3 is 9.53 Å². The molecule has 0 bridgehead atoms. The molecule has 1 aliphatic heterocycles. The number of likely N-dealkylation sites (tertiary alicyclic amines) is 1. The van der Waals surface area contributed by atoms with E-state index in [1.54, 1.807) is 0 Å². The first-order chi connectivity index (χ1) is 8.40. The van der Waals surface area contributed by atoms with Gasteiger partial charge in [-0.15, -0.1) is 0 Å². The van der Waals surface area contributed by atoms with E-state index < -0.39 is 8.32 Å². The lowest BCUT2D eigenvalue weighted by atomic mass is 10.0. The van der Waals surface area contributed by atoms with Crippen molar-refractivity contribution in [1.29, 1.82) is 0 Å². The lowest BCUT2D eigenvalue weighted by Crippen LogP contribution is -2.52. The van der Waals surface area contributed by atoms with Crippen LogP contribution in [0.4, 0.5) is 0 Å². The number of rotatable bonds is 3. The molecule has 0 aromatic rings. The second-order valence-electron chi connectivity index (χ2n) is 8.32. The van der Waals surface area contributed by atoms with Crippen molar-refractivity contribution in [3.63, 3.8) is 0 Å². The van der Waals surface area contributed by atoms with E-state index in [1.807, 2.05) is 0 Å². The molecular formula is C15H33NO2Si. The summed E-state index contributed by atoms with van der Waals surface area (Å²) in [5.41, 5.74) is 0.0962. The van der Waals surface area contributed by atoms with E-state index in [4.69, 9.17) is 4.43 Å². The molecule has 1 fully saturated rings. The Morgan fingerprint density at radius 2 is 1.68 bits per heavy atom. The SMILES string of the molecule is CC(C)(C)N1CC[C@H](O[Si](C)(C)C(C)(C)C)[C@H]1CO. The van der Waals surface area contributed by atoms with Crippen LogP contribution in [-0.2, 0) is 4.43 Å². The van der Waals surface area contributed by atoms with Gasteiger partial charge in [0.2, 0.25) is 0 Å². The molecule has 0 amide bonds. The summed E-state index contributed by atoms with van der Waals surface area (Å²) in [4.78, 5) is 2.39. The van der Waals surface area contributed by atoms with Crippen LogP contribution in [0.5, 0.6) is 0 Å². The standard InChI is InChI=1S/C15H33NO2Si/c1-14(2,3)16-10-9-13(12(16)11-17)18-19(7,8)15(4,5)6/h12-13,17H,9-11H2,1-8H3/t12-,13+/m1/s1. The fourth-order valence-corrected chi connectivity index (χ4v) is 3.95. The molecule has 1 rings (SSSR count). The molecule has 0 saturated carbocycles. The maximum Gasteiger partial charge on any atom is 0.192 e. The highest BCUT2D eigenvalue weighted by atomic mass is 28.4. The van der Waals surface area contributed by atoms with E-state index in [0.29, 0.717) is 0 Å². The average Bonchev–Trinajstić information content (AvgIpc) is 2.57. The topological polar surface area (TPSA) is 32.7 Å². The van der Waals surface area contributed by atoms with Crippen molar-refractivity contribution in [1.82, 2.24) is 4.90 Å². The van der Waals surface area contributed by atoms with Crippen molar-refractivity contribution in [2.75, 3.05) is 13.2 Å². The van der Waals surface area contributed by atoms with Crippen LogP contribution in [0.3, 0.4) is 0 Å². The molecule has 0 unspecified atom stereocenters. The van der Waals surface area contributed by atoms with Gasteiger partial charge in [-0.1, -0.05) is 20.8 Å². The third-order valence-corrected chi connectivity index (χ3v) is 9.29. The van der Waals surface area contributed by atoms with Crippen LogP contribution < -0.4 is 0 Å². The maximum absolute atomic E-state index is 9.76. The van der Waals surface area contributed by atoms with Crippen molar-refractivity contribution in [3.05, 3.63) is 0 Å². The number of hydrogen-bond donors (Lipinski definition) is 1. The Kier molecular flexibility index (Phi) is 4.94. The first-order valence-electron chi connectivity index (χ1n) is 7.45. The molecule has 4 heteroatoms. The molecule has 0 spiro atoms. The highest BCUT2D eigenvalue weighted by Crippen LogP contribution is 2.40. The van der Waals surface area contributed by atoms with Gasteiger partial charge in [-0.25, -0.2) is 0 Å². The zero-order valence-corrected chi connectivity index (χ0v) is 15.1. The largest absolute Gasteiger partial charge is 0.412 e. The zero-order chi connectivity index (χ0) is 15.1. The molecule has 1 heterocycles. The van der Waals surface area contributed by atoms with E-state index >= 15 is 0 Å². The van der Waals surface area contributed by atoms with E-state index in [9.17, 15) is 5.11 Å². The average molecular weight is 288 g/mol. The van der Waals surface area contributed by atoms with Gasteiger partial charge in [0.1, 0.15) is 0 Å². The second kappa shape index (κ2) is 5.47.